The lowest BCUT2D eigenvalue weighted by molar-refractivity contribution is -0.172. The summed E-state index contributed by atoms with van der Waals surface area (Å²) in [5.41, 5.74) is 0.0478. The standard InChI is InChI=1S/C14H24N4O2/c1-5-14(6-2)12(10(3)13(14)20-4)16-11(19)9-18-8-7-15-17-18/h7-8,10,12-13H,5-6,9H2,1-4H3,(H,16,19)/t10-,12+,13-/m0/s1. The molecule has 1 aromatic heterocycles. The molecule has 20 heavy (non-hydrogen) atoms. The second-order valence-electron chi connectivity index (χ2n) is 5.60. The summed E-state index contributed by atoms with van der Waals surface area (Å²) in [6.45, 7) is 6.68. The molecule has 2 rings (SSSR count). The Hall–Kier alpha value is -1.43. The summed E-state index contributed by atoms with van der Waals surface area (Å²) < 4.78 is 7.17. The lowest BCUT2D eigenvalue weighted by Gasteiger charge is -2.59. The number of nitrogens with one attached hydrogen (secondary N) is 1. The van der Waals surface area contributed by atoms with Crippen molar-refractivity contribution in [2.24, 2.45) is 11.3 Å². The zero-order valence-electron chi connectivity index (χ0n) is 12.7. The minimum atomic E-state index is -0.0202. The zero-order valence-corrected chi connectivity index (χ0v) is 12.7. The minimum Gasteiger partial charge on any atom is -0.380 e. The van der Waals surface area contributed by atoms with Gasteiger partial charge in [0.1, 0.15) is 6.54 Å². The van der Waals surface area contributed by atoms with Crippen LogP contribution in [0.15, 0.2) is 12.4 Å². The maximum atomic E-state index is 12.1. The lowest BCUT2D eigenvalue weighted by atomic mass is 9.53. The fourth-order valence-corrected chi connectivity index (χ4v) is 3.78. The monoisotopic (exact) mass is 280 g/mol. The molecule has 1 N–H and O–H groups in total. The van der Waals surface area contributed by atoms with Crippen molar-refractivity contribution < 1.29 is 9.53 Å². The molecule has 0 unspecified atom stereocenters. The molecule has 3 atom stereocenters. The summed E-state index contributed by atoms with van der Waals surface area (Å²) in [6, 6.07) is 0.165. The van der Waals surface area contributed by atoms with Crippen molar-refractivity contribution in [1.29, 1.82) is 0 Å². The molecule has 1 fully saturated rings. The maximum Gasteiger partial charge on any atom is 0.242 e. The average Bonchev–Trinajstić information content (AvgIpc) is 2.94. The van der Waals surface area contributed by atoms with Crippen molar-refractivity contribution in [1.82, 2.24) is 20.3 Å². The third kappa shape index (κ3) is 2.32. The Labute approximate surface area is 119 Å². The lowest BCUT2D eigenvalue weighted by Crippen LogP contribution is -2.70. The number of carbonyl (C=O) groups excluding carboxylic acids is 1. The zero-order chi connectivity index (χ0) is 14.8. The Morgan fingerprint density at radius 2 is 2.15 bits per heavy atom. The molecule has 0 saturated heterocycles. The second-order valence-corrected chi connectivity index (χ2v) is 5.60. The number of hydrogen-bond acceptors (Lipinski definition) is 4. The fraction of sp³-hybridized carbons (Fsp3) is 0.786. The van der Waals surface area contributed by atoms with Crippen LogP contribution in [-0.2, 0) is 16.1 Å². The van der Waals surface area contributed by atoms with E-state index in [0.717, 1.165) is 12.8 Å². The molecule has 1 aromatic rings. The van der Waals surface area contributed by atoms with E-state index in [-0.39, 0.29) is 30.0 Å². The van der Waals surface area contributed by atoms with Gasteiger partial charge < -0.3 is 10.1 Å². The molecule has 6 heteroatoms. The van der Waals surface area contributed by atoms with Gasteiger partial charge in [-0.1, -0.05) is 26.0 Å². The summed E-state index contributed by atoms with van der Waals surface area (Å²) >= 11 is 0. The summed E-state index contributed by atoms with van der Waals surface area (Å²) in [6.07, 6.45) is 5.48. The number of ether oxygens (including phenoxy) is 1. The van der Waals surface area contributed by atoms with Gasteiger partial charge in [-0.3, -0.25) is 4.79 Å². The van der Waals surface area contributed by atoms with Crippen LogP contribution >= 0.6 is 0 Å². The highest BCUT2D eigenvalue weighted by Crippen LogP contribution is 2.52. The van der Waals surface area contributed by atoms with Crippen molar-refractivity contribution in [3.63, 3.8) is 0 Å². The highest BCUT2D eigenvalue weighted by molar-refractivity contribution is 5.76. The number of carbonyl (C=O) groups is 1. The van der Waals surface area contributed by atoms with E-state index in [1.54, 1.807) is 19.5 Å². The normalized spacial score (nSPS) is 27.9. The first-order valence-corrected chi connectivity index (χ1v) is 7.25. The average molecular weight is 280 g/mol. The molecule has 1 aliphatic rings. The summed E-state index contributed by atoms with van der Waals surface area (Å²) in [4.78, 5) is 12.1. The largest absolute Gasteiger partial charge is 0.380 e. The van der Waals surface area contributed by atoms with E-state index in [9.17, 15) is 4.79 Å². The topological polar surface area (TPSA) is 69.0 Å². The van der Waals surface area contributed by atoms with Crippen LogP contribution in [0.25, 0.3) is 0 Å². The summed E-state index contributed by atoms with van der Waals surface area (Å²) in [5, 5.41) is 10.7. The first-order valence-electron chi connectivity index (χ1n) is 7.25. The van der Waals surface area contributed by atoms with E-state index >= 15 is 0 Å². The number of hydrogen-bond donors (Lipinski definition) is 1. The van der Waals surface area contributed by atoms with Crippen molar-refractivity contribution in [2.45, 2.75) is 52.3 Å². The molecule has 1 amide bonds. The number of amides is 1. The Morgan fingerprint density at radius 1 is 1.45 bits per heavy atom. The van der Waals surface area contributed by atoms with E-state index in [2.05, 4.69) is 36.4 Å². The minimum absolute atomic E-state index is 0.0202. The van der Waals surface area contributed by atoms with Gasteiger partial charge in [0.2, 0.25) is 5.91 Å². The Kier molecular flexibility index (Phi) is 4.42. The molecule has 0 radical (unpaired) electrons. The first-order chi connectivity index (χ1) is 9.58. The van der Waals surface area contributed by atoms with E-state index in [1.165, 1.54) is 4.68 Å². The molecule has 0 aromatic carbocycles. The van der Waals surface area contributed by atoms with Gasteiger partial charge in [-0.15, -0.1) is 5.10 Å². The molecule has 0 bridgehead atoms. The van der Waals surface area contributed by atoms with E-state index in [4.69, 9.17) is 4.74 Å². The molecular formula is C14H24N4O2. The van der Waals surface area contributed by atoms with Crippen LogP contribution in [-0.4, -0.2) is 40.2 Å². The van der Waals surface area contributed by atoms with Crippen molar-refractivity contribution in [3.05, 3.63) is 12.4 Å². The number of rotatable bonds is 6. The number of methoxy groups -OCH3 is 1. The van der Waals surface area contributed by atoms with Gasteiger partial charge in [-0.2, -0.15) is 0 Å². The van der Waals surface area contributed by atoms with Crippen molar-refractivity contribution in [2.75, 3.05) is 7.11 Å². The summed E-state index contributed by atoms with van der Waals surface area (Å²) in [7, 11) is 1.76. The van der Waals surface area contributed by atoms with Crippen LogP contribution in [0.5, 0.6) is 0 Å². The second kappa shape index (κ2) is 5.91. The van der Waals surface area contributed by atoms with Crippen LogP contribution in [0.1, 0.15) is 33.6 Å². The van der Waals surface area contributed by atoms with Gasteiger partial charge in [0.05, 0.1) is 12.3 Å². The maximum absolute atomic E-state index is 12.1. The van der Waals surface area contributed by atoms with Crippen LogP contribution in [0.4, 0.5) is 0 Å². The number of nitrogens with zero attached hydrogens (tertiary/aromatic N) is 3. The van der Waals surface area contributed by atoms with Gasteiger partial charge in [-0.05, 0) is 12.8 Å². The molecular weight excluding hydrogens is 256 g/mol. The smallest absolute Gasteiger partial charge is 0.242 e. The van der Waals surface area contributed by atoms with Gasteiger partial charge >= 0.3 is 0 Å². The van der Waals surface area contributed by atoms with Crippen molar-refractivity contribution >= 4 is 5.91 Å². The van der Waals surface area contributed by atoms with Crippen LogP contribution in [0.2, 0.25) is 0 Å². The van der Waals surface area contributed by atoms with Crippen molar-refractivity contribution in [3.8, 4) is 0 Å². The molecule has 1 saturated carbocycles. The highest BCUT2D eigenvalue weighted by Gasteiger charge is 2.58. The van der Waals surface area contributed by atoms with Gasteiger partial charge in [-0.25, -0.2) is 4.68 Å². The third-order valence-corrected chi connectivity index (χ3v) is 4.85. The first kappa shape index (κ1) is 15.0. The van der Waals surface area contributed by atoms with Gasteiger partial charge in [0, 0.05) is 30.7 Å². The van der Waals surface area contributed by atoms with E-state index in [1.807, 2.05) is 0 Å². The molecule has 0 spiro atoms. The van der Waals surface area contributed by atoms with Crippen LogP contribution in [0.3, 0.4) is 0 Å². The van der Waals surface area contributed by atoms with E-state index in [0.29, 0.717) is 5.92 Å². The third-order valence-electron chi connectivity index (χ3n) is 4.85. The Bertz CT molecular complexity index is 442. The predicted octanol–water partition coefficient (Wildman–Crippen LogP) is 1.23. The molecule has 0 aliphatic heterocycles. The van der Waals surface area contributed by atoms with Crippen LogP contribution < -0.4 is 5.32 Å². The Balaban J connectivity index is 2.02. The van der Waals surface area contributed by atoms with Crippen LogP contribution in [0, 0.1) is 11.3 Å². The number of aromatic nitrogens is 3. The van der Waals surface area contributed by atoms with Gasteiger partial charge in [0.15, 0.2) is 0 Å². The molecule has 1 aliphatic carbocycles. The fourth-order valence-electron chi connectivity index (χ4n) is 3.78. The quantitative estimate of drug-likeness (QED) is 0.851. The molecule has 112 valence electrons. The summed E-state index contributed by atoms with van der Waals surface area (Å²) in [5.74, 6) is 0.313. The highest BCUT2D eigenvalue weighted by atomic mass is 16.5. The molecule has 6 nitrogen and oxygen atoms in total. The SMILES string of the molecule is CCC1(CC)[C@H](NC(=O)Cn2ccnn2)[C@H](C)[C@@H]1OC. The molecule has 1 heterocycles. The van der Waals surface area contributed by atoms with Gasteiger partial charge in [0.25, 0.3) is 0 Å². The Morgan fingerprint density at radius 3 is 2.65 bits per heavy atom. The van der Waals surface area contributed by atoms with E-state index < -0.39 is 0 Å². The predicted molar refractivity (Wildman–Crippen MR) is 74.9 cm³/mol.